The third-order valence-corrected chi connectivity index (χ3v) is 3.81. The molecule has 1 saturated heterocycles. The molecule has 1 heterocycles. The molecule has 1 aliphatic rings. The van der Waals surface area contributed by atoms with Crippen molar-refractivity contribution in [3.63, 3.8) is 0 Å². The van der Waals surface area contributed by atoms with E-state index in [1.807, 2.05) is 6.92 Å². The molecule has 1 atom stereocenters. The predicted octanol–water partition coefficient (Wildman–Crippen LogP) is 1.94. The second-order valence-electron chi connectivity index (χ2n) is 5.25. The van der Waals surface area contributed by atoms with Crippen molar-refractivity contribution >= 4 is 18.3 Å². The largest absolute Gasteiger partial charge is 0.489 e. The van der Waals surface area contributed by atoms with Gasteiger partial charge in [0.1, 0.15) is 6.61 Å². The number of hydrogen-bond acceptors (Lipinski definition) is 3. The van der Waals surface area contributed by atoms with Crippen molar-refractivity contribution in [2.75, 3.05) is 33.3 Å². The Kier molecular flexibility index (Phi) is 6.92. The molecule has 1 aromatic carbocycles. The summed E-state index contributed by atoms with van der Waals surface area (Å²) in [5.41, 5.74) is 0. The zero-order chi connectivity index (χ0) is 14.5. The second-order valence-corrected chi connectivity index (χ2v) is 5.25. The Labute approximate surface area is 131 Å². The molecule has 1 unspecified atom stereocenters. The van der Waals surface area contributed by atoms with Gasteiger partial charge in [-0.05, 0) is 31.1 Å². The van der Waals surface area contributed by atoms with Crippen molar-refractivity contribution < 1.29 is 13.9 Å². The number of carbonyl (C=O) groups is 1. The summed E-state index contributed by atoms with van der Waals surface area (Å²) >= 11 is 0. The van der Waals surface area contributed by atoms with E-state index in [4.69, 9.17) is 4.74 Å². The summed E-state index contributed by atoms with van der Waals surface area (Å²) in [5, 5.41) is 3.17. The van der Waals surface area contributed by atoms with Gasteiger partial charge in [-0.25, -0.2) is 4.39 Å². The van der Waals surface area contributed by atoms with Crippen molar-refractivity contribution in [2.24, 2.45) is 11.8 Å². The van der Waals surface area contributed by atoms with Crippen molar-refractivity contribution in [3.05, 3.63) is 30.1 Å². The van der Waals surface area contributed by atoms with Crippen LogP contribution in [0.15, 0.2) is 24.3 Å². The van der Waals surface area contributed by atoms with Gasteiger partial charge in [0, 0.05) is 13.0 Å². The van der Waals surface area contributed by atoms with Gasteiger partial charge in [0.2, 0.25) is 5.91 Å². The lowest BCUT2D eigenvalue weighted by Gasteiger charge is -2.33. The van der Waals surface area contributed by atoms with Crippen LogP contribution in [0.25, 0.3) is 0 Å². The van der Waals surface area contributed by atoms with Crippen LogP contribution in [0.4, 0.5) is 4.39 Å². The van der Waals surface area contributed by atoms with E-state index in [1.165, 1.54) is 6.07 Å². The van der Waals surface area contributed by atoms with Gasteiger partial charge in [0.05, 0.1) is 6.54 Å². The minimum absolute atomic E-state index is 0. The van der Waals surface area contributed by atoms with Gasteiger partial charge in [-0.1, -0.05) is 19.1 Å². The minimum atomic E-state index is -0.379. The van der Waals surface area contributed by atoms with Gasteiger partial charge in [0.15, 0.2) is 11.6 Å². The van der Waals surface area contributed by atoms with E-state index in [-0.39, 0.29) is 35.8 Å². The Morgan fingerprint density at radius 2 is 2.14 bits per heavy atom. The summed E-state index contributed by atoms with van der Waals surface area (Å²) in [6.07, 6.45) is 0. The molecule has 1 aliphatic heterocycles. The predicted molar refractivity (Wildman–Crippen MR) is 82.3 cm³/mol. The Hall–Kier alpha value is -1.33. The fourth-order valence-corrected chi connectivity index (χ4v) is 2.18. The van der Waals surface area contributed by atoms with Crippen molar-refractivity contribution in [3.8, 4) is 5.75 Å². The van der Waals surface area contributed by atoms with Gasteiger partial charge in [-0.2, -0.15) is 0 Å². The number of para-hydroxylation sites is 1. The lowest BCUT2D eigenvalue weighted by atomic mass is 9.88. The van der Waals surface area contributed by atoms with Crippen LogP contribution in [0.2, 0.25) is 0 Å². The summed E-state index contributed by atoms with van der Waals surface area (Å²) in [6.45, 7) is 4.53. The molecule has 0 aliphatic carbocycles. The summed E-state index contributed by atoms with van der Waals surface area (Å²) in [6, 6.07) is 6.28. The van der Waals surface area contributed by atoms with E-state index in [0.29, 0.717) is 19.1 Å². The monoisotopic (exact) mass is 316 g/mol. The molecule has 1 N–H and O–H groups in total. The van der Waals surface area contributed by atoms with Crippen LogP contribution in [0.5, 0.6) is 5.75 Å². The topological polar surface area (TPSA) is 41.6 Å². The lowest BCUT2D eigenvalue weighted by Crippen LogP contribution is -2.50. The standard InChI is InChI=1S/C15H21FN2O2.ClH/c1-11(12-9-17-10-12)15(19)18(2)7-8-20-14-6-4-3-5-13(14)16;/h3-6,11-12,17H,7-10H2,1-2H3;1H. The molecular formula is C15H22ClFN2O2. The fourth-order valence-electron chi connectivity index (χ4n) is 2.18. The Morgan fingerprint density at radius 1 is 1.48 bits per heavy atom. The molecule has 118 valence electrons. The van der Waals surface area contributed by atoms with E-state index in [2.05, 4.69) is 5.32 Å². The molecule has 6 heteroatoms. The first-order chi connectivity index (χ1) is 9.59. The summed E-state index contributed by atoms with van der Waals surface area (Å²) in [5.74, 6) is 0.417. The average Bonchev–Trinajstić information content (AvgIpc) is 2.38. The molecule has 0 radical (unpaired) electrons. The van der Waals surface area contributed by atoms with Crippen molar-refractivity contribution in [1.29, 1.82) is 0 Å². The first-order valence-corrected chi connectivity index (χ1v) is 6.92. The van der Waals surface area contributed by atoms with E-state index < -0.39 is 0 Å². The smallest absolute Gasteiger partial charge is 0.225 e. The first kappa shape index (κ1) is 17.7. The fraction of sp³-hybridized carbons (Fsp3) is 0.533. The van der Waals surface area contributed by atoms with Crippen molar-refractivity contribution in [1.82, 2.24) is 10.2 Å². The van der Waals surface area contributed by atoms with Gasteiger partial charge in [-0.3, -0.25) is 4.79 Å². The summed E-state index contributed by atoms with van der Waals surface area (Å²) < 4.78 is 18.7. The highest BCUT2D eigenvalue weighted by molar-refractivity contribution is 5.85. The average molecular weight is 317 g/mol. The molecule has 1 aromatic rings. The number of amides is 1. The normalized spacial score (nSPS) is 15.6. The molecule has 2 rings (SSSR count). The number of benzene rings is 1. The van der Waals surface area contributed by atoms with E-state index in [1.54, 1.807) is 30.1 Å². The highest BCUT2D eigenvalue weighted by atomic mass is 35.5. The quantitative estimate of drug-likeness (QED) is 0.872. The number of carbonyl (C=O) groups excluding carboxylic acids is 1. The van der Waals surface area contributed by atoms with Gasteiger partial charge >= 0.3 is 0 Å². The minimum Gasteiger partial charge on any atom is -0.489 e. The molecular weight excluding hydrogens is 295 g/mol. The molecule has 1 fully saturated rings. The SMILES string of the molecule is CC(C(=O)N(C)CCOc1ccccc1F)C1CNC1.Cl. The molecule has 1 amide bonds. The van der Waals surface area contributed by atoms with E-state index in [9.17, 15) is 9.18 Å². The lowest BCUT2D eigenvalue weighted by molar-refractivity contribution is -0.136. The molecule has 0 spiro atoms. The molecule has 21 heavy (non-hydrogen) atoms. The number of halogens is 2. The highest BCUT2D eigenvalue weighted by Gasteiger charge is 2.30. The van der Waals surface area contributed by atoms with E-state index >= 15 is 0 Å². The van der Waals surface area contributed by atoms with Gasteiger partial charge < -0.3 is 15.0 Å². The Morgan fingerprint density at radius 3 is 2.71 bits per heavy atom. The summed E-state index contributed by atoms with van der Waals surface area (Å²) in [7, 11) is 1.76. The maximum absolute atomic E-state index is 13.3. The number of likely N-dealkylation sites (N-methyl/N-ethyl adjacent to an activating group) is 1. The molecule has 0 saturated carbocycles. The highest BCUT2D eigenvalue weighted by Crippen LogP contribution is 2.18. The zero-order valence-corrected chi connectivity index (χ0v) is 13.2. The third kappa shape index (κ3) is 4.58. The van der Waals surface area contributed by atoms with Crippen LogP contribution in [-0.4, -0.2) is 44.1 Å². The molecule has 0 bridgehead atoms. The Balaban J connectivity index is 0.00000220. The van der Waals surface area contributed by atoms with Gasteiger partial charge in [0.25, 0.3) is 0 Å². The molecule has 4 nitrogen and oxygen atoms in total. The summed E-state index contributed by atoms with van der Waals surface area (Å²) in [4.78, 5) is 13.8. The maximum atomic E-state index is 13.3. The number of hydrogen-bond donors (Lipinski definition) is 1. The Bertz CT molecular complexity index is 469. The second kappa shape index (κ2) is 8.20. The molecule has 0 aromatic heterocycles. The third-order valence-electron chi connectivity index (χ3n) is 3.81. The van der Waals surface area contributed by atoms with Crippen LogP contribution < -0.4 is 10.1 Å². The number of rotatable bonds is 6. The van der Waals surface area contributed by atoms with Crippen LogP contribution in [0.3, 0.4) is 0 Å². The van der Waals surface area contributed by atoms with E-state index in [0.717, 1.165) is 13.1 Å². The number of ether oxygens (including phenoxy) is 1. The maximum Gasteiger partial charge on any atom is 0.225 e. The first-order valence-electron chi connectivity index (χ1n) is 6.92. The number of nitrogens with zero attached hydrogens (tertiary/aromatic N) is 1. The van der Waals surface area contributed by atoms with Crippen LogP contribution in [0.1, 0.15) is 6.92 Å². The van der Waals surface area contributed by atoms with Gasteiger partial charge in [-0.15, -0.1) is 12.4 Å². The van der Waals surface area contributed by atoms with Crippen molar-refractivity contribution in [2.45, 2.75) is 6.92 Å². The van der Waals surface area contributed by atoms with Crippen LogP contribution in [0, 0.1) is 17.7 Å². The zero-order valence-electron chi connectivity index (χ0n) is 12.3. The van der Waals surface area contributed by atoms with Crippen LogP contribution >= 0.6 is 12.4 Å². The number of nitrogens with one attached hydrogen (secondary N) is 1. The van der Waals surface area contributed by atoms with Crippen LogP contribution in [-0.2, 0) is 4.79 Å².